The molecule has 1 aromatic carbocycles. The molecule has 1 N–H and O–H groups in total. The first-order valence-corrected chi connectivity index (χ1v) is 11.4. The van der Waals surface area contributed by atoms with Crippen molar-refractivity contribution >= 4 is 6.16 Å². The van der Waals surface area contributed by atoms with Crippen LogP contribution in [0.2, 0.25) is 0 Å². The van der Waals surface area contributed by atoms with Gasteiger partial charge in [0.2, 0.25) is 6.29 Å². The van der Waals surface area contributed by atoms with Crippen LogP contribution in [0, 0.1) is 5.92 Å². The number of carbonyl (C=O) groups is 1. The van der Waals surface area contributed by atoms with Crippen molar-refractivity contribution in [2.24, 2.45) is 5.92 Å². The predicted molar refractivity (Wildman–Crippen MR) is 124 cm³/mol. The summed E-state index contributed by atoms with van der Waals surface area (Å²) in [5.41, 5.74) is 4.11. The zero-order valence-electron chi connectivity index (χ0n) is 19.7. The van der Waals surface area contributed by atoms with Crippen molar-refractivity contribution in [1.82, 2.24) is 0 Å². The Hall–Kier alpha value is -2.43. The van der Waals surface area contributed by atoms with Crippen LogP contribution < -0.4 is 4.74 Å². The first-order valence-electron chi connectivity index (χ1n) is 11.4. The zero-order chi connectivity index (χ0) is 23.0. The highest BCUT2D eigenvalue weighted by Crippen LogP contribution is 2.47. The van der Waals surface area contributed by atoms with Gasteiger partial charge in [0.05, 0.1) is 6.61 Å². The van der Waals surface area contributed by atoms with Gasteiger partial charge in [-0.05, 0) is 70.1 Å². The van der Waals surface area contributed by atoms with Crippen LogP contribution in [0.1, 0.15) is 83.8 Å². The van der Waals surface area contributed by atoms with Gasteiger partial charge in [-0.1, -0.05) is 43.6 Å². The van der Waals surface area contributed by atoms with E-state index in [0.29, 0.717) is 5.75 Å². The fourth-order valence-corrected chi connectivity index (χ4v) is 4.22. The molecule has 1 aliphatic rings. The molecular weight excluding hydrogens is 392 g/mol. The number of hydrogen-bond acceptors (Lipinski definition) is 5. The van der Waals surface area contributed by atoms with Gasteiger partial charge in [-0.15, -0.1) is 0 Å². The van der Waals surface area contributed by atoms with Gasteiger partial charge in [0, 0.05) is 18.4 Å². The summed E-state index contributed by atoms with van der Waals surface area (Å²) in [6.45, 7) is 14.1. The highest BCUT2D eigenvalue weighted by Gasteiger charge is 2.31. The van der Waals surface area contributed by atoms with Gasteiger partial charge in [0.1, 0.15) is 11.5 Å². The van der Waals surface area contributed by atoms with Crippen molar-refractivity contribution in [3.63, 3.8) is 0 Å². The molecule has 31 heavy (non-hydrogen) atoms. The van der Waals surface area contributed by atoms with E-state index in [1.165, 1.54) is 5.57 Å². The first kappa shape index (κ1) is 24.8. The Kier molecular flexibility index (Phi) is 9.47. The van der Waals surface area contributed by atoms with Crippen LogP contribution in [0.3, 0.4) is 0 Å². The van der Waals surface area contributed by atoms with Gasteiger partial charge in [0.25, 0.3) is 0 Å². The number of allylic oxidation sites excluding steroid dienone is 3. The second kappa shape index (κ2) is 11.8. The number of rotatable bonds is 10. The van der Waals surface area contributed by atoms with Crippen LogP contribution in [0.5, 0.6) is 11.5 Å². The number of ether oxygens (including phenoxy) is 3. The summed E-state index contributed by atoms with van der Waals surface area (Å²) in [6, 6.07) is 3.82. The van der Waals surface area contributed by atoms with E-state index in [1.807, 2.05) is 19.1 Å². The maximum Gasteiger partial charge on any atom is 0.511 e. The zero-order valence-corrected chi connectivity index (χ0v) is 19.7. The molecule has 3 unspecified atom stereocenters. The summed E-state index contributed by atoms with van der Waals surface area (Å²) >= 11 is 0. The number of phenolic OH excluding ortho intramolecular Hbond substituents is 1. The lowest BCUT2D eigenvalue weighted by Gasteiger charge is -2.32. The summed E-state index contributed by atoms with van der Waals surface area (Å²) < 4.78 is 16.1. The molecule has 172 valence electrons. The largest absolute Gasteiger partial charge is 0.511 e. The number of carbonyl (C=O) groups excluding carboxylic acids is 1. The molecule has 2 rings (SSSR count). The molecule has 5 nitrogen and oxygen atoms in total. The van der Waals surface area contributed by atoms with Gasteiger partial charge in [-0.2, -0.15) is 0 Å². The SMILES string of the molecule is C=C(C)C1CCC(C)=CC1c1c(O)cc(CCCCC)cc1OC(C)OC(=O)OCC. The minimum atomic E-state index is -0.847. The van der Waals surface area contributed by atoms with E-state index in [4.69, 9.17) is 14.2 Å². The predicted octanol–water partition coefficient (Wildman–Crippen LogP) is 7.04. The second-order valence-corrected chi connectivity index (χ2v) is 8.50. The lowest BCUT2D eigenvalue weighted by molar-refractivity contribution is -0.0524. The molecule has 1 aliphatic carbocycles. The van der Waals surface area contributed by atoms with Crippen molar-refractivity contribution in [2.75, 3.05) is 6.61 Å². The molecule has 0 fully saturated rings. The fourth-order valence-electron chi connectivity index (χ4n) is 4.22. The smallest absolute Gasteiger partial charge is 0.507 e. The minimum absolute atomic E-state index is 0.0410. The Morgan fingerprint density at radius 1 is 1.29 bits per heavy atom. The van der Waals surface area contributed by atoms with Crippen molar-refractivity contribution in [3.8, 4) is 11.5 Å². The number of aryl methyl sites for hydroxylation is 1. The molecule has 0 spiro atoms. The van der Waals surface area contributed by atoms with E-state index >= 15 is 0 Å². The van der Waals surface area contributed by atoms with Crippen molar-refractivity contribution in [3.05, 3.63) is 47.1 Å². The number of unbranched alkanes of at least 4 members (excludes halogenated alkanes) is 2. The standard InChI is InChI=1S/C26H38O5/c1-7-9-10-11-20-15-23(27)25(22-14-18(5)12-13-21(22)17(3)4)24(16-20)30-19(6)31-26(28)29-8-2/h14-16,19,21-22,27H,3,7-13H2,1-2,4-6H3. The van der Waals surface area contributed by atoms with E-state index in [0.717, 1.165) is 55.2 Å². The summed E-state index contributed by atoms with van der Waals surface area (Å²) in [5, 5.41) is 11.1. The topological polar surface area (TPSA) is 65.0 Å². The van der Waals surface area contributed by atoms with Crippen LogP contribution in [0.25, 0.3) is 0 Å². The molecule has 3 atom stereocenters. The number of benzene rings is 1. The summed E-state index contributed by atoms with van der Waals surface area (Å²) in [5.74, 6) is 0.935. The van der Waals surface area contributed by atoms with Gasteiger partial charge >= 0.3 is 6.16 Å². The molecule has 1 aromatic rings. The molecule has 0 saturated heterocycles. The number of phenols is 1. The third kappa shape index (κ3) is 7.05. The van der Waals surface area contributed by atoms with Crippen molar-refractivity contribution in [2.45, 2.75) is 85.4 Å². The average molecular weight is 431 g/mol. The molecule has 0 aliphatic heterocycles. The molecular formula is C26H38O5. The van der Waals surface area contributed by atoms with E-state index in [9.17, 15) is 9.90 Å². The summed E-state index contributed by atoms with van der Waals surface area (Å²) in [7, 11) is 0. The number of aromatic hydroxyl groups is 1. The lowest BCUT2D eigenvalue weighted by Crippen LogP contribution is -2.23. The minimum Gasteiger partial charge on any atom is -0.507 e. The Bertz CT molecular complexity index is 795. The number of hydrogen-bond donors (Lipinski definition) is 1. The summed E-state index contributed by atoms with van der Waals surface area (Å²) in [6.07, 6.45) is 6.74. The molecule has 0 amide bonds. The third-order valence-electron chi connectivity index (χ3n) is 5.78. The Morgan fingerprint density at radius 3 is 2.68 bits per heavy atom. The maximum absolute atomic E-state index is 11.7. The highest BCUT2D eigenvalue weighted by molar-refractivity contribution is 5.60. The van der Waals surface area contributed by atoms with Crippen LogP contribution in [-0.4, -0.2) is 24.2 Å². The first-order chi connectivity index (χ1) is 14.8. The van der Waals surface area contributed by atoms with E-state index < -0.39 is 12.4 Å². The van der Waals surface area contributed by atoms with Crippen LogP contribution in [0.15, 0.2) is 35.9 Å². The second-order valence-electron chi connectivity index (χ2n) is 8.50. The van der Waals surface area contributed by atoms with Crippen molar-refractivity contribution < 1.29 is 24.1 Å². The van der Waals surface area contributed by atoms with E-state index in [-0.39, 0.29) is 24.2 Å². The third-order valence-corrected chi connectivity index (χ3v) is 5.78. The van der Waals surface area contributed by atoms with Gasteiger partial charge < -0.3 is 19.3 Å². The average Bonchev–Trinajstić information content (AvgIpc) is 2.67. The molecule has 0 radical (unpaired) electrons. The Balaban J connectivity index is 2.43. The molecule has 5 heteroatoms. The molecule has 0 bridgehead atoms. The molecule has 0 aromatic heterocycles. The van der Waals surface area contributed by atoms with E-state index in [1.54, 1.807) is 13.8 Å². The molecule has 0 saturated carbocycles. The van der Waals surface area contributed by atoms with Gasteiger partial charge in [-0.3, -0.25) is 0 Å². The Labute approximate surface area is 187 Å². The monoisotopic (exact) mass is 430 g/mol. The highest BCUT2D eigenvalue weighted by atomic mass is 16.8. The lowest BCUT2D eigenvalue weighted by atomic mass is 9.73. The van der Waals surface area contributed by atoms with Crippen LogP contribution in [-0.2, 0) is 15.9 Å². The van der Waals surface area contributed by atoms with Gasteiger partial charge in [-0.25, -0.2) is 4.79 Å². The fraction of sp³-hybridized carbons (Fsp3) is 0.577. The quantitative estimate of drug-likeness (QED) is 0.187. The van der Waals surface area contributed by atoms with Crippen molar-refractivity contribution in [1.29, 1.82) is 0 Å². The Morgan fingerprint density at radius 2 is 2.03 bits per heavy atom. The van der Waals surface area contributed by atoms with E-state index in [2.05, 4.69) is 26.5 Å². The van der Waals surface area contributed by atoms with Gasteiger partial charge in [0.15, 0.2) is 0 Å². The maximum atomic E-state index is 11.7. The van der Waals surface area contributed by atoms with Crippen LogP contribution in [0.4, 0.5) is 4.79 Å². The summed E-state index contributed by atoms with van der Waals surface area (Å²) in [4.78, 5) is 11.7. The molecule has 0 heterocycles. The van der Waals surface area contributed by atoms with Crippen LogP contribution >= 0.6 is 0 Å². The normalized spacial score (nSPS) is 19.3.